The number of nitrogens with one attached hydrogen (secondary N) is 1. The average molecular weight is 241 g/mol. The van der Waals surface area contributed by atoms with Crippen LogP contribution in [0.3, 0.4) is 0 Å². The van der Waals surface area contributed by atoms with Crippen molar-refractivity contribution in [2.45, 2.75) is 83.7 Å². The van der Waals surface area contributed by atoms with E-state index >= 15 is 0 Å². The lowest BCUT2D eigenvalue weighted by molar-refractivity contribution is 0.270. The molecule has 1 fully saturated rings. The molecule has 2 heteroatoms. The summed E-state index contributed by atoms with van der Waals surface area (Å²) in [6.07, 6.45) is 12.0. The Balaban J connectivity index is 2.05. The van der Waals surface area contributed by atoms with E-state index in [0.29, 0.717) is 18.7 Å². The first kappa shape index (κ1) is 15.0. The average Bonchev–Trinajstić information content (AvgIpc) is 2.35. The first-order valence-corrected chi connectivity index (χ1v) is 7.59. The highest BCUT2D eigenvalue weighted by Gasteiger charge is 2.15. The summed E-state index contributed by atoms with van der Waals surface area (Å²) in [5.74, 6) is 1.00. The molecule has 0 aliphatic heterocycles. The number of rotatable bonds is 8. The minimum Gasteiger partial charge on any atom is -0.396 e. The molecule has 1 rings (SSSR count). The molecule has 17 heavy (non-hydrogen) atoms. The number of hydrogen-bond acceptors (Lipinski definition) is 2. The molecular formula is C15H31NO. The molecule has 1 aliphatic carbocycles. The normalized spacial score (nSPS) is 21.4. The minimum absolute atomic E-state index is 0.322. The molecule has 0 bridgehead atoms. The summed E-state index contributed by atoms with van der Waals surface area (Å²) in [5.41, 5.74) is 0. The van der Waals surface area contributed by atoms with Crippen LogP contribution in [0.25, 0.3) is 0 Å². The highest BCUT2D eigenvalue weighted by molar-refractivity contribution is 4.71. The fraction of sp³-hybridized carbons (Fsp3) is 1.00. The van der Waals surface area contributed by atoms with Crippen LogP contribution in [-0.2, 0) is 0 Å². The molecule has 2 nitrogen and oxygen atoms in total. The van der Waals surface area contributed by atoms with Crippen LogP contribution in [-0.4, -0.2) is 23.8 Å². The standard InChI is InChI=1S/C15H31NO/c1-13(7-6-12-17)16-14(2)10-11-15-8-4-3-5-9-15/h13-17H,3-12H2,1-2H3. The van der Waals surface area contributed by atoms with Gasteiger partial charge in [-0.15, -0.1) is 0 Å². The highest BCUT2D eigenvalue weighted by Crippen LogP contribution is 2.27. The Morgan fingerprint density at radius 3 is 2.35 bits per heavy atom. The van der Waals surface area contributed by atoms with E-state index in [1.165, 1.54) is 44.9 Å². The molecule has 2 unspecified atom stereocenters. The topological polar surface area (TPSA) is 32.3 Å². The first-order valence-electron chi connectivity index (χ1n) is 7.59. The van der Waals surface area contributed by atoms with Gasteiger partial charge in [-0.3, -0.25) is 0 Å². The molecule has 2 atom stereocenters. The van der Waals surface area contributed by atoms with Crippen LogP contribution in [0.15, 0.2) is 0 Å². The van der Waals surface area contributed by atoms with E-state index in [1.54, 1.807) is 0 Å². The third kappa shape index (κ3) is 7.05. The predicted octanol–water partition coefficient (Wildman–Crippen LogP) is 3.49. The number of hydrogen-bond donors (Lipinski definition) is 2. The zero-order chi connectivity index (χ0) is 12.5. The second kappa shape index (κ2) is 8.93. The molecule has 0 saturated heterocycles. The molecule has 0 amide bonds. The third-order valence-corrected chi connectivity index (χ3v) is 4.10. The maximum absolute atomic E-state index is 8.80. The van der Waals surface area contributed by atoms with Gasteiger partial charge in [-0.1, -0.05) is 32.1 Å². The molecule has 0 aromatic carbocycles. The molecule has 0 heterocycles. The monoisotopic (exact) mass is 241 g/mol. The summed E-state index contributed by atoms with van der Waals surface area (Å²) in [5, 5.41) is 12.4. The Bertz CT molecular complexity index is 178. The Morgan fingerprint density at radius 2 is 1.71 bits per heavy atom. The Kier molecular flexibility index (Phi) is 7.87. The van der Waals surface area contributed by atoms with E-state index in [0.717, 1.165) is 18.8 Å². The molecule has 0 aromatic heterocycles. The van der Waals surface area contributed by atoms with Gasteiger partial charge in [0.05, 0.1) is 0 Å². The lowest BCUT2D eigenvalue weighted by Gasteiger charge is -2.25. The number of aliphatic hydroxyl groups is 1. The van der Waals surface area contributed by atoms with Crippen LogP contribution in [0.2, 0.25) is 0 Å². The first-order chi connectivity index (χ1) is 8.22. The van der Waals surface area contributed by atoms with Gasteiger partial charge >= 0.3 is 0 Å². The maximum Gasteiger partial charge on any atom is 0.0431 e. The van der Waals surface area contributed by atoms with Crippen molar-refractivity contribution in [3.05, 3.63) is 0 Å². The second-order valence-electron chi connectivity index (χ2n) is 5.92. The van der Waals surface area contributed by atoms with Crippen molar-refractivity contribution in [3.63, 3.8) is 0 Å². The van der Waals surface area contributed by atoms with Crippen molar-refractivity contribution in [1.82, 2.24) is 5.32 Å². The van der Waals surface area contributed by atoms with E-state index in [1.807, 2.05) is 0 Å². The van der Waals surface area contributed by atoms with Crippen LogP contribution in [0.4, 0.5) is 0 Å². The van der Waals surface area contributed by atoms with Crippen LogP contribution in [0, 0.1) is 5.92 Å². The van der Waals surface area contributed by atoms with Gasteiger partial charge in [-0.25, -0.2) is 0 Å². The van der Waals surface area contributed by atoms with Gasteiger partial charge in [0.2, 0.25) is 0 Å². The van der Waals surface area contributed by atoms with E-state index < -0.39 is 0 Å². The van der Waals surface area contributed by atoms with E-state index in [-0.39, 0.29) is 0 Å². The van der Waals surface area contributed by atoms with Gasteiger partial charge in [0, 0.05) is 18.7 Å². The van der Waals surface area contributed by atoms with Gasteiger partial charge < -0.3 is 10.4 Å². The summed E-state index contributed by atoms with van der Waals surface area (Å²) in [6.45, 7) is 4.85. The number of aliphatic hydroxyl groups excluding tert-OH is 1. The molecule has 1 aliphatic rings. The lowest BCUT2D eigenvalue weighted by atomic mass is 9.85. The Hall–Kier alpha value is -0.0800. The van der Waals surface area contributed by atoms with Crippen molar-refractivity contribution in [3.8, 4) is 0 Å². The fourth-order valence-corrected chi connectivity index (χ4v) is 3.01. The highest BCUT2D eigenvalue weighted by atomic mass is 16.2. The van der Waals surface area contributed by atoms with Gasteiger partial charge in [0.15, 0.2) is 0 Å². The maximum atomic E-state index is 8.80. The summed E-state index contributed by atoms with van der Waals surface area (Å²) in [7, 11) is 0. The van der Waals surface area contributed by atoms with Crippen LogP contribution in [0.1, 0.15) is 71.6 Å². The summed E-state index contributed by atoms with van der Waals surface area (Å²) >= 11 is 0. The van der Waals surface area contributed by atoms with Crippen molar-refractivity contribution in [2.75, 3.05) is 6.61 Å². The van der Waals surface area contributed by atoms with Crippen LogP contribution < -0.4 is 5.32 Å². The van der Waals surface area contributed by atoms with Crippen molar-refractivity contribution >= 4 is 0 Å². The van der Waals surface area contributed by atoms with E-state index in [2.05, 4.69) is 19.2 Å². The smallest absolute Gasteiger partial charge is 0.0431 e. The fourth-order valence-electron chi connectivity index (χ4n) is 3.01. The second-order valence-corrected chi connectivity index (χ2v) is 5.92. The Labute approximate surface area is 107 Å². The quantitative estimate of drug-likeness (QED) is 0.682. The van der Waals surface area contributed by atoms with Gasteiger partial charge in [-0.05, 0) is 45.4 Å². The minimum atomic E-state index is 0.322. The zero-order valence-corrected chi connectivity index (χ0v) is 11.8. The molecule has 0 spiro atoms. The largest absolute Gasteiger partial charge is 0.396 e. The molecule has 1 saturated carbocycles. The van der Waals surface area contributed by atoms with E-state index in [9.17, 15) is 0 Å². The van der Waals surface area contributed by atoms with Gasteiger partial charge in [0.25, 0.3) is 0 Å². The SMILES string of the molecule is CC(CCCO)NC(C)CCC1CCCCC1. The van der Waals surface area contributed by atoms with Crippen LogP contribution in [0.5, 0.6) is 0 Å². The molecule has 0 aromatic rings. The van der Waals surface area contributed by atoms with Crippen molar-refractivity contribution < 1.29 is 5.11 Å². The Morgan fingerprint density at radius 1 is 1.06 bits per heavy atom. The predicted molar refractivity (Wildman–Crippen MR) is 74.2 cm³/mol. The van der Waals surface area contributed by atoms with Crippen LogP contribution >= 0.6 is 0 Å². The molecular weight excluding hydrogens is 210 g/mol. The van der Waals surface area contributed by atoms with Crippen molar-refractivity contribution in [2.24, 2.45) is 5.92 Å². The lowest BCUT2D eigenvalue weighted by Crippen LogP contribution is -2.34. The molecule has 102 valence electrons. The van der Waals surface area contributed by atoms with E-state index in [4.69, 9.17) is 5.11 Å². The zero-order valence-electron chi connectivity index (χ0n) is 11.8. The summed E-state index contributed by atoms with van der Waals surface area (Å²) in [6, 6.07) is 1.18. The van der Waals surface area contributed by atoms with Crippen molar-refractivity contribution in [1.29, 1.82) is 0 Å². The summed E-state index contributed by atoms with van der Waals surface area (Å²) in [4.78, 5) is 0. The third-order valence-electron chi connectivity index (χ3n) is 4.10. The summed E-state index contributed by atoms with van der Waals surface area (Å²) < 4.78 is 0. The molecule has 0 radical (unpaired) electrons. The van der Waals surface area contributed by atoms with Gasteiger partial charge in [0.1, 0.15) is 0 Å². The van der Waals surface area contributed by atoms with Gasteiger partial charge in [-0.2, -0.15) is 0 Å². The molecule has 2 N–H and O–H groups in total.